The molecule has 0 amide bonds. The highest BCUT2D eigenvalue weighted by molar-refractivity contribution is 5.82. The van der Waals surface area contributed by atoms with Crippen LogP contribution in [-0.4, -0.2) is 12.6 Å². The second kappa shape index (κ2) is 7.66. The lowest BCUT2D eigenvalue weighted by Gasteiger charge is -2.12. The topological polar surface area (TPSA) is 65.7 Å². The summed E-state index contributed by atoms with van der Waals surface area (Å²) in [5, 5.41) is 0.798. The number of hydrogen-bond acceptors (Lipinski definition) is 5. The molecule has 0 atom stereocenters. The third-order valence-electron chi connectivity index (χ3n) is 4.37. The van der Waals surface area contributed by atoms with Gasteiger partial charge in [0.25, 0.3) is 0 Å². The van der Waals surface area contributed by atoms with Gasteiger partial charge in [0.2, 0.25) is 0 Å². The summed E-state index contributed by atoms with van der Waals surface area (Å²) < 4.78 is 16.0. The molecule has 0 N–H and O–H groups in total. The Bertz CT molecular complexity index is 1050. The quantitative estimate of drug-likeness (QED) is 0.377. The molecule has 0 unspecified atom stereocenters. The molecule has 0 radical (unpaired) electrons. The predicted molar refractivity (Wildman–Crippen MR) is 104 cm³/mol. The number of ether oxygens (including phenoxy) is 2. The van der Waals surface area contributed by atoms with E-state index in [-0.39, 0.29) is 6.61 Å². The fourth-order valence-electron chi connectivity index (χ4n) is 3.06. The molecule has 1 aromatic heterocycles. The van der Waals surface area contributed by atoms with Gasteiger partial charge in [0.1, 0.15) is 17.1 Å². The largest absolute Gasteiger partial charge is 0.482 e. The van der Waals surface area contributed by atoms with E-state index >= 15 is 0 Å². The van der Waals surface area contributed by atoms with Gasteiger partial charge in [0.05, 0.1) is 0 Å². The van der Waals surface area contributed by atoms with E-state index in [0.29, 0.717) is 23.0 Å². The molecule has 140 valence electrons. The van der Waals surface area contributed by atoms with Crippen molar-refractivity contribution >= 4 is 16.9 Å². The van der Waals surface area contributed by atoms with Crippen LogP contribution >= 0.6 is 0 Å². The summed E-state index contributed by atoms with van der Waals surface area (Å²) in [4.78, 5) is 23.6. The van der Waals surface area contributed by atoms with E-state index in [1.165, 1.54) is 17.7 Å². The van der Waals surface area contributed by atoms with Gasteiger partial charge in [-0.2, -0.15) is 0 Å². The maximum absolute atomic E-state index is 12.1. The zero-order valence-electron chi connectivity index (χ0n) is 15.9. The van der Waals surface area contributed by atoms with Gasteiger partial charge in [0.15, 0.2) is 6.61 Å². The van der Waals surface area contributed by atoms with E-state index in [1.54, 1.807) is 12.1 Å². The summed E-state index contributed by atoms with van der Waals surface area (Å²) in [7, 11) is 0. The van der Waals surface area contributed by atoms with Crippen molar-refractivity contribution in [2.24, 2.45) is 0 Å². The van der Waals surface area contributed by atoms with Crippen molar-refractivity contribution < 1.29 is 18.7 Å². The van der Waals surface area contributed by atoms with Gasteiger partial charge in [-0.1, -0.05) is 19.9 Å². The van der Waals surface area contributed by atoms with Gasteiger partial charge in [-0.3, -0.25) is 0 Å². The molecule has 1 heterocycles. The molecule has 3 rings (SSSR count). The fraction of sp³-hybridized carbons (Fsp3) is 0.273. The van der Waals surface area contributed by atoms with Crippen molar-refractivity contribution in [1.29, 1.82) is 0 Å². The second-order valence-corrected chi connectivity index (χ2v) is 6.84. The number of fused-ring (bicyclic) bond motifs is 1. The first kappa shape index (κ1) is 18.7. The van der Waals surface area contributed by atoms with Crippen molar-refractivity contribution in [3.63, 3.8) is 0 Å². The Morgan fingerprint density at radius 1 is 1.00 bits per heavy atom. The highest BCUT2D eigenvalue weighted by Crippen LogP contribution is 2.24. The average Bonchev–Trinajstić information content (AvgIpc) is 2.59. The van der Waals surface area contributed by atoms with Crippen molar-refractivity contribution in [3.8, 4) is 11.5 Å². The first-order valence-electron chi connectivity index (χ1n) is 8.82. The van der Waals surface area contributed by atoms with Gasteiger partial charge >= 0.3 is 11.6 Å². The number of carbonyl (C=O) groups is 1. The van der Waals surface area contributed by atoms with Crippen LogP contribution in [0.3, 0.4) is 0 Å². The first-order valence-corrected chi connectivity index (χ1v) is 8.82. The molecule has 0 aliphatic carbocycles. The van der Waals surface area contributed by atoms with Gasteiger partial charge in [-0.15, -0.1) is 0 Å². The molecule has 0 spiro atoms. The molecule has 0 saturated heterocycles. The highest BCUT2D eigenvalue weighted by atomic mass is 16.6. The zero-order valence-corrected chi connectivity index (χ0v) is 15.9. The third-order valence-corrected chi connectivity index (χ3v) is 4.37. The molecule has 0 saturated carbocycles. The van der Waals surface area contributed by atoms with E-state index in [9.17, 15) is 9.59 Å². The lowest BCUT2D eigenvalue weighted by atomic mass is 9.98. The van der Waals surface area contributed by atoms with Crippen LogP contribution in [0.5, 0.6) is 11.5 Å². The summed E-state index contributed by atoms with van der Waals surface area (Å²) in [6.07, 6.45) is 0. The number of hydrogen-bond donors (Lipinski definition) is 0. The van der Waals surface area contributed by atoms with E-state index in [0.717, 1.165) is 16.5 Å². The summed E-state index contributed by atoms with van der Waals surface area (Å²) in [6, 6.07) is 12.1. The Morgan fingerprint density at radius 3 is 2.44 bits per heavy atom. The van der Waals surface area contributed by atoms with Gasteiger partial charge in [-0.25, -0.2) is 9.59 Å². The summed E-state index contributed by atoms with van der Waals surface area (Å²) >= 11 is 0. The molecule has 0 aliphatic heterocycles. The van der Waals surface area contributed by atoms with Gasteiger partial charge < -0.3 is 13.9 Å². The lowest BCUT2D eigenvalue weighted by molar-refractivity contribution is -0.136. The molecule has 0 bridgehead atoms. The van der Waals surface area contributed by atoms with Crippen LogP contribution in [-0.2, 0) is 4.79 Å². The number of esters is 1. The number of benzene rings is 2. The molecule has 27 heavy (non-hydrogen) atoms. The van der Waals surface area contributed by atoms with E-state index in [4.69, 9.17) is 13.9 Å². The highest BCUT2D eigenvalue weighted by Gasteiger charge is 2.10. The number of carbonyl (C=O) groups excluding carboxylic acids is 1. The normalized spacial score (nSPS) is 11.0. The molecule has 5 heteroatoms. The average molecular weight is 366 g/mol. The SMILES string of the molecule is Cc1cc(OCC(=O)Oc2ccc3c(C)cc(=O)oc3c2)ccc1C(C)C. The summed E-state index contributed by atoms with van der Waals surface area (Å²) in [5.41, 5.74) is 3.12. The smallest absolute Gasteiger partial charge is 0.349 e. The Labute approximate surface area is 157 Å². The molecule has 0 aliphatic rings. The van der Waals surface area contributed by atoms with Crippen molar-refractivity contribution in [1.82, 2.24) is 0 Å². The monoisotopic (exact) mass is 366 g/mol. The maximum atomic E-state index is 12.1. The van der Waals surface area contributed by atoms with E-state index in [1.807, 2.05) is 32.0 Å². The Hall–Kier alpha value is -3.08. The maximum Gasteiger partial charge on any atom is 0.349 e. The zero-order chi connectivity index (χ0) is 19.6. The van der Waals surface area contributed by atoms with Crippen molar-refractivity contribution in [3.05, 3.63) is 69.6 Å². The van der Waals surface area contributed by atoms with Crippen LogP contribution in [0.4, 0.5) is 0 Å². The van der Waals surface area contributed by atoms with Crippen LogP contribution in [0.2, 0.25) is 0 Å². The van der Waals surface area contributed by atoms with Gasteiger partial charge in [0, 0.05) is 17.5 Å². The predicted octanol–water partition coefficient (Wildman–Crippen LogP) is 4.52. The minimum absolute atomic E-state index is 0.212. The van der Waals surface area contributed by atoms with Crippen LogP contribution in [0.15, 0.2) is 51.7 Å². The minimum atomic E-state index is -0.532. The summed E-state index contributed by atoms with van der Waals surface area (Å²) in [5.74, 6) is 0.820. The Kier molecular flexibility index (Phi) is 5.31. The van der Waals surface area contributed by atoms with Crippen LogP contribution in [0, 0.1) is 13.8 Å². The van der Waals surface area contributed by atoms with E-state index < -0.39 is 11.6 Å². The fourth-order valence-corrected chi connectivity index (χ4v) is 3.06. The molecule has 2 aromatic carbocycles. The van der Waals surface area contributed by atoms with Crippen LogP contribution < -0.4 is 15.1 Å². The molecule has 3 aromatic rings. The van der Waals surface area contributed by atoms with Crippen molar-refractivity contribution in [2.75, 3.05) is 6.61 Å². The second-order valence-electron chi connectivity index (χ2n) is 6.84. The standard InChI is InChI=1S/C22H22O5/c1-13(2)18-7-5-16(9-14(18)3)25-12-22(24)26-17-6-8-19-15(4)10-21(23)27-20(19)11-17/h5-11,13H,12H2,1-4H3. The first-order chi connectivity index (χ1) is 12.8. The molecular weight excluding hydrogens is 344 g/mol. The Morgan fingerprint density at radius 2 is 1.74 bits per heavy atom. The van der Waals surface area contributed by atoms with Gasteiger partial charge in [-0.05, 0) is 60.7 Å². The number of aryl methyl sites for hydroxylation is 2. The molecule has 0 fully saturated rings. The van der Waals surface area contributed by atoms with Crippen molar-refractivity contribution in [2.45, 2.75) is 33.6 Å². The van der Waals surface area contributed by atoms with Crippen LogP contribution in [0.25, 0.3) is 11.0 Å². The minimum Gasteiger partial charge on any atom is -0.482 e. The molecule has 5 nitrogen and oxygen atoms in total. The Balaban J connectivity index is 1.66. The molecular formula is C22H22O5. The third kappa shape index (κ3) is 4.37. The van der Waals surface area contributed by atoms with E-state index in [2.05, 4.69) is 13.8 Å². The summed E-state index contributed by atoms with van der Waals surface area (Å²) in [6.45, 7) is 7.90. The lowest BCUT2D eigenvalue weighted by Crippen LogP contribution is -2.17. The number of rotatable bonds is 5. The van der Waals surface area contributed by atoms with Crippen LogP contribution in [0.1, 0.15) is 36.5 Å².